The van der Waals surface area contributed by atoms with Crippen molar-refractivity contribution in [2.75, 3.05) is 20.6 Å². The number of hydrogen-bond acceptors (Lipinski definition) is 5. The summed E-state index contributed by atoms with van der Waals surface area (Å²) in [6.45, 7) is 5.68. The second-order valence-corrected chi connectivity index (χ2v) is 9.56. The lowest BCUT2D eigenvalue weighted by Crippen LogP contribution is -2.34. The van der Waals surface area contributed by atoms with Gasteiger partial charge in [0.1, 0.15) is 11.3 Å². The minimum atomic E-state index is -0.547. The predicted molar refractivity (Wildman–Crippen MR) is 122 cm³/mol. The Bertz CT molecular complexity index is 1010. The van der Waals surface area contributed by atoms with Crippen LogP contribution in [0.4, 0.5) is 4.79 Å². The number of carbonyl (C=O) groups is 2. The maximum absolute atomic E-state index is 13.0. The van der Waals surface area contributed by atoms with Crippen molar-refractivity contribution in [1.82, 2.24) is 14.8 Å². The van der Waals surface area contributed by atoms with Crippen LogP contribution in [-0.4, -0.2) is 53.0 Å². The Morgan fingerprint density at radius 1 is 1.26 bits per heavy atom. The van der Waals surface area contributed by atoms with Gasteiger partial charge in [-0.15, -0.1) is 11.3 Å². The smallest absolute Gasteiger partial charge is 0.410 e. The Morgan fingerprint density at radius 2 is 2.00 bits per heavy atom. The molecule has 1 aromatic carbocycles. The monoisotopic (exact) mass is 439 g/mol. The van der Waals surface area contributed by atoms with Crippen LogP contribution in [0.3, 0.4) is 0 Å². The Balaban J connectivity index is 1.63. The Kier molecular flexibility index (Phi) is 7.01. The van der Waals surface area contributed by atoms with Crippen LogP contribution >= 0.6 is 11.3 Å². The van der Waals surface area contributed by atoms with Crippen LogP contribution in [0.25, 0.3) is 0 Å². The maximum Gasteiger partial charge on any atom is 0.410 e. The average molecular weight is 440 g/mol. The first-order valence-corrected chi connectivity index (χ1v) is 11.3. The van der Waals surface area contributed by atoms with Gasteiger partial charge < -0.3 is 14.5 Å². The van der Waals surface area contributed by atoms with E-state index in [1.165, 1.54) is 27.4 Å². The Hall–Kier alpha value is -2.85. The van der Waals surface area contributed by atoms with Crippen molar-refractivity contribution in [2.24, 2.45) is 0 Å². The molecule has 164 valence electrons. The summed E-state index contributed by atoms with van der Waals surface area (Å²) in [5, 5.41) is 2.30. The van der Waals surface area contributed by atoms with Gasteiger partial charge in [0.15, 0.2) is 5.01 Å². The summed E-state index contributed by atoms with van der Waals surface area (Å²) in [7, 11) is 3.48. The highest BCUT2D eigenvalue weighted by Crippen LogP contribution is 2.34. The molecule has 2 amide bonds. The topological polar surface area (TPSA) is 62.7 Å². The van der Waals surface area contributed by atoms with Gasteiger partial charge in [-0.05, 0) is 57.1 Å². The van der Waals surface area contributed by atoms with Gasteiger partial charge in [0.2, 0.25) is 0 Å². The number of fused-ring (bicyclic) bond motifs is 1. The number of benzene rings is 1. The molecule has 1 aromatic heterocycles. The molecule has 7 heteroatoms. The van der Waals surface area contributed by atoms with Gasteiger partial charge in [0.05, 0.1) is 12.6 Å². The van der Waals surface area contributed by atoms with E-state index in [4.69, 9.17) is 4.74 Å². The van der Waals surface area contributed by atoms with Gasteiger partial charge in [0.25, 0.3) is 5.91 Å². The molecule has 0 bridgehead atoms. The third kappa shape index (κ3) is 5.86. The van der Waals surface area contributed by atoms with E-state index in [2.05, 4.69) is 35.0 Å². The number of aromatic nitrogens is 1. The van der Waals surface area contributed by atoms with E-state index in [1.807, 2.05) is 33.9 Å². The van der Waals surface area contributed by atoms with Crippen molar-refractivity contribution in [3.63, 3.8) is 0 Å². The van der Waals surface area contributed by atoms with Crippen LogP contribution in [0.5, 0.6) is 0 Å². The molecular weight excluding hydrogens is 410 g/mol. The normalized spacial score (nSPS) is 15.3. The number of nitrogens with zero attached hydrogens (tertiary/aromatic N) is 3. The number of hydrogen-bond donors (Lipinski definition) is 0. The lowest BCUT2D eigenvalue weighted by Gasteiger charge is -2.33. The average Bonchev–Trinajstić information content (AvgIpc) is 3.19. The molecule has 1 unspecified atom stereocenters. The largest absolute Gasteiger partial charge is 0.444 e. The summed E-state index contributed by atoms with van der Waals surface area (Å²) >= 11 is 1.33. The zero-order valence-electron chi connectivity index (χ0n) is 18.8. The van der Waals surface area contributed by atoms with Gasteiger partial charge >= 0.3 is 6.09 Å². The van der Waals surface area contributed by atoms with Crippen LogP contribution in [0.15, 0.2) is 29.6 Å². The highest BCUT2D eigenvalue weighted by molar-refractivity contribution is 7.10. The van der Waals surface area contributed by atoms with Crippen LogP contribution in [0.1, 0.15) is 66.3 Å². The van der Waals surface area contributed by atoms with Crippen molar-refractivity contribution < 1.29 is 14.3 Å². The zero-order chi connectivity index (χ0) is 22.6. The molecule has 0 N–H and O–H groups in total. The molecule has 2 aromatic rings. The van der Waals surface area contributed by atoms with Crippen LogP contribution in [0.2, 0.25) is 0 Å². The van der Waals surface area contributed by atoms with Gasteiger partial charge in [-0.1, -0.05) is 30.2 Å². The summed E-state index contributed by atoms with van der Waals surface area (Å²) in [4.78, 5) is 32.6. The first-order chi connectivity index (χ1) is 14.7. The summed E-state index contributed by atoms with van der Waals surface area (Å²) in [6, 6.07) is 8.40. The molecule has 0 radical (unpaired) electrons. The molecule has 31 heavy (non-hydrogen) atoms. The summed E-state index contributed by atoms with van der Waals surface area (Å²) < 4.78 is 5.30. The van der Waals surface area contributed by atoms with Crippen LogP contribution in [0, 0.1) is 11.8 Å². The van der Waals surface area contributed by atoms with E-state index in [9.17, 15) is 9.59 Å². The molecule has 0 fully saturated rings. The second kappa shape index (κ2) is 9.52. The van der Waals surface area contributed by atoms with Crippen molar-refractivity contribution in [2.45, 2.75) is 51.7 Å². The lowest BCUT2D eigenvalue weighted by molar-refractivity contribution is 0.0320. The van der Waals surface area contributed by atoms with Gasteiger partial charge in [-0.3, -0.25) is 4.79 Å². The standard InChI is InChI=1S/C24H29N3O3S/c1-24(2,3)30-23(29)26(4)15-9-14-21-25-19(16-31-21)22(28)27(5)20-13-8-11-17-10-6-7-12-18(17)20/h6-7,10,12,16,20H,8,11,13,15H2,1-5H3. The van der Waals surface area contributed by atoms with Crippen molar-refractivity contribution in [3.8, 4) is 11.8 Å². The van der Waals surface area contributed by atoms with E-state index in [0.29, 0.717) is 10.7 Å². The number of rotatable bonds is 3. The number of carbonyl (C=O) groups excluding carboxylic acids is 2. The van der Waals surface area contributed by atoms with Crippen LogP contribution in [-0.2, 0) is 11.2 Å². The Morgan fingerprint density at radius 3 is 2.74 bits per heavy atom. The van der Waals surface area contributed by atoms with Crippen LogP contribution < -0.4 is 0 Å². The first kappa shape index (κ1) is 22.8. The molecule has 0 aliphatic heterocycles. The molecule has 1 aliphatic carbocycles. The van der Waals surface area contributed by atoms with Crippen molar-refractivity contribution in [1.29, 1.82) is 0 Å². The fourth-order valence-electron chi connectivity index (χ4n) is 3.52. The van der Waals surface area contributed by atoms with E-state index in [-0.39, 0.29) is 18.5 Å². The molecule has 6 nitrogen and oxygen atoms in total. The number of aryl methyl sites for hydroxylation is 1. The third-order valence-electron chi connectivity index (χ3n) is 5.07. The van der Waals surface area contributed by atoms with Crippen molar-refractivity contribution in [3.05, 3.63) is 51.5 Å². The van der Waals surface area contributed by atoms with E-state index in [1.54, 1.807) is 17.3 Å². The zero-order valence-corrected chi connectivity index (χ0v) is 19.6. The lowest BCUT2D eigenvalue weighted by atomic mass is 9.87. The molecule has 1 heterocycles. The third-order valence-corrected chi connectivity index (χ3v) is 5.82. The second-order valence-electron chi connectivity index (χ2n) is 8.70. The molecular formula is C24H29N3O3S. The van der Waals surface area contributed by atoms with Crippen molar-refractivity contribution >= 4 is 23.3 Å². The predicted octanol–water partition coefficient (Wildman–Crippen LogP) is 4.51. The summed E-state index contributed by atoms with van der Waals surface area (Å²) in [5.74, 6) is 5.76. The minimum absolute atomic E-state index is 0.0659. The van der Waals surface area contributed by atoms with Gasteiger partial charge in [0, 0.05) is 19.5 Å². The highest BCUT2D eigenvalue weighted by atomic mass is 32.1. The summed E-state index contributed by atoms with van der Waals surface area (Å²) in [6.07, 6.45) is 2.65. The minimum Gasteiger partial charge on any atom is -0.444 e. The maximum atomic E-state index is 13.0. The number of amides is 2. The molecule has 1 aliphatic rings. The molecule has 0 saturated heterocycles. The number of ether oxygens (including phenoxy) is 1. The quantitative estimate of drug-likeness (QED) is 0.660. The highest BCUT2D eigenvalue weighted by Gasteiger charge is 2.28. The molecule has 3 rings (SSSR count). The van der Waals surface area contributed by atoms with Gasteiger partial charge in [-0.25, -0.2) is 9.78 Å². The van der Waals surface area contributed by atoms with E-state index >= 15 is 0 Å². The van der Waals surface area contributed by atoms with E-state index < -0.39 is 11.7 Å². The molecule has 0 spiro atoms. The van der Waals surface area contributed by atoms with Gasteiger partial charge in [-0.2, -0.15) is 0 Å². The Labute approximate surface area is 188 Å². The molecule has 0 saturated carbocycles. The SMILES string of the molecule is CN(CC#Cc1nc(C(=O)N(C)C2CCCc3ccccc32)cs1)C(=O)OC(C)(C)C. The first-order valence-electron chi connectivity index (χ1n) is 10.4. The molecule has 1 atom stereocenters. The fraction of sp³-hybridized carbons (Fsp3) is 0.458. The van der Waals surface area contributed by atoms with E-state index in [0.717, 1.165) is 19.3 Å². The fourth-order valence-corrected chi connectivity index (χ4v) is 4.18. The summed E-state index contributed by atoms with van der Waals surface area (Å²) in [5.41, 5.74) is 2.40. The number of thiazole rings is 1.